The second kappa shape index (κ2) is 12.6. The molecule has 5 heterocycles. The summed E-state index contributed by atoms with van der Waals surface area (Å²) >= 11 is 6.16. The van der Waals surface area contributed by atoms with Gasteiger partial charge in [-0.1, -0.05) is 18.5 Å². The van der Waals surface area contributed by atoms with Crippen molar-refractivity contribution in [1.82, 2.24) is 39.0 Å². The zero-order valence-electron chi connectivity index (χ0n) is 28.6. The van der Waals surface area contributed by atoms with Gasteiger partial charge in [0.1, 0.15) is 12.9 Å². The third-order valence-electron chi connectivity index (χ3n) is 10.6. The normalized spacial score (nSPS) is 18.1. The second-order valence-corrected chi connectivity index (χ2v) is 14.5. The first-order valence-corrected chi connectivity index (χ1v) is 17.6. The van der Waals surface area contributed by atoms with Crippen molar-refractivity contribution in [3.05, 3.63) is 92.1 Å². The van der Waals surface area contributed by atoms with Crippen LogP contribution in [-0.4, -0.2) is 69.0 Å². The number of hydrogen-bond donors (Lipinski definition) is 2. The Morgan fingerprint density at radius 1 is 1.09 bits per heavy atom. The van der Waals surface area contributed by atoms with Gasteiger partial charge in [-0.05, 0) is 75.3 Å². The Morgan fingerprint density at radius 2 is 1.85 bits per heavy atom. The zero-order chi connectivity index (χ0) is 37.4. The van der Waals surface area contributed by atoms with E-state index in [1.165, 1.54) is 10.8 Å². The summed E-state index contributed by atoms with van der Waals surface area (Å²) in [6.07, 6.45) is 1.83. The Labute approximate surface area is 304 Å². The van der Waals surface area contributed by atoms with Gasteiger partial charge in [0.15, 0.2) is 17.3 Å². The number of aromatic nitrogens is 7. The number of likely N-dealkylation sites (tertiary alicyclic amines) is 1. The number of halogens is 4. The molecule has 1 saturated carbocycles. The molecule has 17 heteroatoms. The van der Waals surface area contributed by atoms with E-state index in [0.717, 1.165) is 36.7 Å². The summed E-state index contributed by atoms with van der Waals surface area (Å²) in [6, 6.07) is 6.44. The van der Waals surface area contributed by atoms with Gasteiger partial charge >= 0.3 is 6.18 Å². The number of pyridine rings is 1. The van der Waals surface area contributed by atoms with Crippen molar-refractivity contribution in [3.63, 3.8) is 0 Å². The van der Waals surface area contributed by atoms with Gasteiger partial charge in [0.25, 0.3) is 11.5 Å². The topological polar surface area (TPSA) is 160 Å². The SMILES string of the molecule is Cc1ncnc(C(=O)N2CCC3(CC2)CC(C)c2c3c(=O)n3nc(-c4ccc(C5CC5)nc4)nc3n2CC(=O)Nc2ccc(C(F)(F)F)cc2Cl)c1O. The van der Waals surface area contributed by atoms with Crippen molar-refractivity contribution in [2.24, 2.45) is 0 Å². The van der Waals surface area contributed by atoms with Crippen LogP contribution in [0.25, 0.3) is 17.2 Å². The molecule has 1 aromatic carbocycles. The van der Waals surface area contributed by atoms with Crippen LogP contribution >= 0.6 is 11.6 Å². The van der Waals surface area contributed by atoms with Gasteiger partial charge in [-0.2, -0.15) is 22.7 Å². The summed E-state index contributed by atoms with van der Waals surface area (Å²) in [7, 11) is 0. The molecule has 3 aliphatic rings. The first-order valence-electron chi connectivity index (χ1n) is 17.2. The highest BCUT2D eigenvalue weighted by atomic mass is 35.5. The van der Waals surface area contributed by atoms with Crippen LogP contribution in [0.2, 0.25) is 5.02 Å². The molecule has 1 aliphatic heterocycles. The average Bonchev–Trinajstić information content (AvgIpc) is 3.81. The van der Waals surface area contributed by atoms with Crippen molar-refractivity contribution < 1.29 is 27.9 Å². The Hall–Kier alpha value is -5.38. The van der Waals surface area contributed by atoms with E-state index in [4.69, 9.17) is 16.6 Å². The number of carbonyl (C=O) groups is 2. The fourth-order valence-corrected chi connectivity index (χ4v) is 8.02. The Morgan fingerprint density at radius 3 is 2.51 bits per heavy atom. The third kappa shape index (κ3) is 6.07. The van der Waals surface area contributed by atoms with E-state index in [1.54, 1.807) is 22.6 Å². The molecule has 8 rings (SSSR count). The van der Waals surface area contributed by atoms with Crippen LogP contribution in [-0.2, 0) is 22.9 Å². The number of piperidine rings is 1. The van der Waals surface area contributed by atoms with Gasteiger partial charge in [0.05, 0.1) is 22.0 Å². The molecule has 1 spiro atoms. The summed E-state index contributed by atoms with van der Waals surface area (Å²) in [5.74, 6) is -0.754. The Balaban J connectivity index is 1.17. The Bertz CT molecular complexity index is 2370. The van der Waals surface area contributed by atoms with E-state index in [9.17, 15) is 32.7 Å². The monoisotopic (exact) mass is 747 g/mol. The molecule has 4 aromatic heterocycles. The maximum Gasteiger partial charge on any atom is 0.416 e. The number of benzene rings is 1. The average molecular weight is 748 g/mol. The number of carbonyl (C=O) groups excluding carboxylic acids is 2. The van der Waals surface area contributed by atoms with E-state index < -0.39 is 29.0 Å². The lowest BCUT2D eigenvalue weighted by Gasteiger charge is -2.39. The molecule has 274 valence electrons. The van der Waals surface area contributed by atoms with Crippen LogP contribution in [0.3, 0.4) is 0 Å². The highest BCUT2D eigenvalue weighted by Crippen LogP contribution is 2.50. The fraction of sp³-hybridized carbons (Fsp3) is 0.389. The van der Waals surface area contributed by atoms with Crippen LogP contribution in [0.5, 0.6) is 5.75 Å². The van der Waals surface area contributed by atoms with Crippen molar-refractivity contribution in [2.75, 3.05) is 18.4 Å². The lowest BCUT2D eigenvalue weighted by molar-refractivity contribution is -0.137. The quantitative estimate of drug-likeness (QED) is 0.225. The summed E-state index contributed by atoms with van der Waals surface area (Å²) in [4.78, 5) is 60.5. The molecule has 5 aromatic rings. The van der Waals surface area contributed by atoms with Crippen LogP contribution < -0.4 is 10.9 Å². The van der Waals surface area contributed by atoms with Gasteiger partial charge in [-0.25, -0.2) is 9.97 Å². The highest BCUT2D eigenvalue weighted by Gasteiger charge is 2.49. The zero-order valence-corrected chi connectivity index (χ0v) is 29.4. The van der Waals surface area contributed by atoms with Crippen molar-refractivity contribution >= 4 is 34.9 Å². The van der Waals surface area contributed by atoms with Gasteiger partial charge in [0.2, 0.25) is 11.7 Å². The van der Waals surface area contributed by atoms with Crippen LogP contribution in [0.15, 0.2) is 47.7 Å². The highest BCUT2D eigenvalue weighted by molar-refractivity contribution is 6.33. The summed E-state index contributed by atoms with van der Waals surface area (Å²) in [5.41, 5.74) is 0.814. The number of rotatable bonds is 6. The van der Waals surface area contributed by atoms with Gasteiger partial charge < -0.3 is 19.9 Å². The molecule has 13 nitrogen and oxygen atoms in total. The minimum Gasteiger partial charge on any atom is -0.504 e. The van der Waals surface area contributed by atoms with Crippen LogP contribution in [0.4, 0.5) is 18.9 Å². The number of anilines is 1. The van der Waals surface area contributed by atoms with Crippen LogP contribution in [0.1, 0.15) is 89.6 Å². The molecule has 2 N–H and O–H groups in total. The van der Waals surface area contributed by atoms with E-state index in [1.807, 2.05) is 19.1 Å². The molecule has 1 saturated heterocycles. The second-order valence-electron chi connectivity index (χ2n) is 14.1. The van der Waals surface area contributed by atoms with Crippen LogP contribution in [0, 0.1) is 6.92 Å². The molecular weight excluding hydrogens is 715 g/mol. The standard InChI is InChI=1S/C36H33ClF3N9O4/c1-18-14-35(9-11-47(12-10-35)33(53)28-30(51)19(2)42-17-43-28)27-29(18)48(16-26(50)44-25-8-6-22(13-23(25)37)36(38,39)40)34-45-31(46-49(34)32(27)52)21-5-7-24(41-15-21)20-3-4-20/h5-8,13,15,17-18,20,51H,3-4,9-12,14,16H2,1-2H3,(H,44,50). The number of hydrogen-bond acceptors (Lipinski definition) is 9. The lowest BCUT2D eigenvalue weighted by atomic mass is 9.73. The van der Waals surface area contributed by atoms with E-state index in [0.29, 0.717) is 42.0 Å². The minimum absolute atomic E-state index is 0.00571. The predicted octanol–water partition coefficient (Wildman–Crippen LogP) is 5.63. The third-order valence-corrected chi connectivity index (χ3v) is 10.9. The van der Waals surface area contributed by atoms with Gasteiger partial charge in [-0.3, -0.25) is 19.4 Å². The first-order chi connectivity index (χ1) is 25.2. The summed E-state index contributed by atoms with van der Waals surface area (Å²) in [5, 5.41) is 17.4. The molecule has 0 radical (unpaired) electrons. The molecule has 2 aliphatic carbocycles. The fourth-order valence-electron chi connectivity index (χ4n) is 7.80. The van der Waals surface area contributed by atoms with E-state index in [-0.39, 0.29) is 70.6 Å². The maximum atomic E-state index is 14.5. The molecule has 0 bridgehead atoms. The number of aromatic hydroxyl groups is 1. The molecule has 1 unspecified atom stereocenters. The molecule has 1 atom stereocenters. The number of alkyl halides is 3. The molecule has 2 amide bonds. The maximum absolute atomic E-state index is 14.5. The largest absolute Gasteiger partial charge is 0.504 e. The number of amides is 2. The number of nitrogens with zero attached hydrogens (tertiary/aromatic N) is 8. The molecule has 2 fully saturated rings. The number of aryl methyl sites for hydroxylation is 1. The summed E-state index contributed by atoms with van der Waals surface area (Å²) < 4.78 is 42.6. The lowest BCUT2D eigenvalue weighted by Crippen LogP contribution is -2.46. The summed E-state index contributed by atoms with van der Waals surface area (Å²) in [6.45, 7) is 3.74. The van der Waals surface area contributed by atoms with Crippen molar-refractivity contribution in [1.29, 1.82) is 0 Å². The number of nitrogens with one attached hydrogen (secondary N) is 1. The number of fused-ring (bicyclic) bond motifs is 3. The van der Waals surface area contributed by atoms with E-state index >= 15 is 0 Å². The van der Waals surface area contributed by atoms with E-state index in [2.05, 4.69) is 25.4 Å². The van der Waals surface area contributed by atoms with Crippen molar-refractivity contribution in [2.45, 2.75) is 75.9 Å². The first kappa shape index (κ1) is 34.7. The van der Waals surface area contributed by atoms with Gasteiger partial charge in [0, 0.05) is 53.1 Å². The molecular formula is C36H33ClF3N9O4. The smallest absolute Gasteiger partial charge is 0.416 e. The van der Waals surface area contributed by atoms with Gasteiger partial charge in [-0.15, -0.1) is 5.10 Å². The van der Waals surface area contributed by atoms with Crippen molar-refractivity contribution in [3.8, 4) is 17.1 Å². The Kier molecular flexibility index (Phi) is 8.27. The predicted molar refractivity (Wildman–Crippen MR) is 186 cm³/mol. The molecule has 53 heavy (non-hydrogen) atoms. The minimum atomic E-state index is -4.61.